The van der Waals surface area contributed by atoms with Crippen LogP contribution in [-0.2, 0) is 0 Å². The molecule has 2 rings (SSSR count). The lowest BCUT2D eigenvalue weighted by molar-refractivity contribution is 0.415. The Kier molecular flexibility index (Phi) is 4.20. The Morgan fingerprint density at radius 1 is 1.35 bits per heavy atom. The quantitative estimate of drug-likeness (QED) is 0.584. The zero-order chi connectivity index (χ0) is 14.5. The molecule has 0 bridgehead atoms. The number of methoxy groups -OCH3 is 1. The Hall–Kier alpha value is -2.56. The maximum atomic E-state index is 8.80. The van der Waals surface area contributed by atoms with Crippen LogP contribution in [-0.4, -0.2) is 17.1 Å². The minimum absolute atomic E-state index is 0.342. The molecule has 0 aliphatic carbocycles. The summed E-state index contributed by atoms with van der Waals surface area (Å²) < 4.78 is 5.20. The summed E-state index contributed by atoms with van der Waals surface area (Å²) in [5.74, 6) is 6.45. The van der Waals surface area contributed by atoms with Crippen molar-refractivity contribution in [2.45, 2.75) is 0 Å². The third-order valence-corrected chi connectivity index (χ3v) is 2.81. The highest BCUT2D eigenvalue weighted by atomic mass is 35.5. The van der Waals surface area contributed by atoms with Crippen molar-refractivity contribution in [1.82, 2.24) is 9.97 Å². The molecule has 102 valence electrons. The Labute approximate surface area is 120 Å². The van der Waals surface area contributed by atoms with Crippen molar-refractivity contribution in [3.63, 3.8) is 0 Å². The first-order valence-corrected chi connectivity index (χ1v) is 5.89. The standard InChI is InChI=1S/C12H11ClN6O/c1-20-10-11(16-6-17-12(10)19-15)18-9-3-2-7(5-14)4-8(9)13/h2-4,6H,15H2,1H3,(H2,16,17,18,19). The van der Waals surface area contributed by atoms with Crippen molar-refractivity contribution in [1.29, 1.82) is 5.26 Å². The van der Waals surface area contributed by atoms with Gasteiger partial charge in [0.15, 0.2) is 11.6 Å². The number of anilines is 3. The first-order valence-electron chi connectivity index (χ1n) is 5.52. The van der Waals surface area contributed by atoms with Gasteiger partial charge in [0.25, 0.3) is 0 Å². The summed E-state index contributed by atoms with van der Waals surface area (Å²) in [7, 11) is 1.48. The summed E-state index contributed by atoms with van der Waals surface area (Å²) in [6.07, 6.45) is 1.33. The van der Waals surface area contributed by atoms with Crippen molar-refractivity contribution >= 4 is 28.9 Å². The number of aromatic nitrogens is 2. The van der Waals surface area contributed by atoms with Crippen molar-refractivity contribution in [2.75, 3.05) is 17.9 Å². The number of hydrogen-bond donors (Lipinski definition) is 3. The molecule has 0 saturated heterocycles. The van der Waals surface area contributed by atoms with Gasteiger partial charge in [-0.2, -0.15) is 5.26 Å². The minimum Gasteiger partial charge on any atom is -0.490 e. The first kappa shape index (κ1) is 13.9. The zero-order valence-electron chi connectivity index (χ0n) is 10.5. The van der Waals surface area contributed by atoms with Crippen LogP contribution < -0.4 is 21.3 Å². The molecular formula is C12H11ClN6O. The number of halogens is 1. The van der Waals surface area contributed by atoms with Crippen LogP contribution in [0.3, 0.4) is 0 Å². The predicted octanol–water partition coefficient (Wildman–Crippen LogP) is 2.04. The summed E-state index contributed by atoms with van der Waals surface area (Å²) >= 11 is 6.09. The Bertz CT molecular complexity index is 669. The summed E-state index contributed by atoms with van der Waals surface area (Å²) in [5.41, 5.74) is 3.47. The molecule has 1 aromatic carbocycles. The molecule has 0 spiro atoms. The predicted molar refractivity (Wildman–Crippen MR) is 75.8 cm³/mol. The molecule has 7 nitrogen and oxygen atoms in total. The molecule has 0 atom stereocenters. The molecule has 1 aromatic heterocycles. The van der Waals surface area contributed by atoms with Crippen LogP contribution in [0.15, 0.2) is 24.5 Å². The van der Waals surface area contributed by atoms with E-state index in [0.29, 0.717) is 33.7 Å². The van der Waals surface area contributed by atoms with Crippen molar-refractivity contribution in [2.24, 2.45) is 5.84 Å². The van der Waals surface area contributed by atoms with Gasteiger partial charge in [-0.25, -0.2) is 15.8 Å². The lowest BCUT2D eigenvalue weighted by Gasteiger charge is -2.13. The van der Waals surface area contributed by atoms with Gasteiger partial charge in [-0.05, 0) is 18.2 Å². The summed E-state index contributed by atoms with van der Waals surface area (Å²) in [6, 6.07) is 6.89. The molecule has 20 heavy (non-hydrogen) atoms. The van der Waals surface area contributed by atoms with Crippen molar-refractivity contribution < 1.29 is 4.74 Å². The van der Waals surface area contributed by atoms with Gasteiger partial charge < -0.3 is 15.5 Å². The van der Waals surface area contributed by atoms with Crippen LogP contribution >= 0.6 is 11.6 Å². The number of nitrogen functional groups attached to an aromatic ring is 1. The molecule has 0 aliphatic heterocycles. The molecule has 0 aliphatic rings. The molecule has 4 N–H and O–H groups in total. The lowest BCUT2D eigenvalue weighted by Crippen LogP contribution is -2.11. The fraction of sp³-hybridized carbons (Fsp3) is 0.0833. The average molecular weight is 291 g/mol. The minimum atomic E-state index is 0.342. The fourth-order valence-corrected chi connectivity index (χ4v) is 1.80. The molecule has 1 heterocycles. The van der Waals surface area contributed by atoms with Gasteiger partial charge in [0.2, 0.25) is 5.75 Å². The van der Waals surface area contributed by atoms with Crippen LogP contribution in [0.25, 0.3) is 0 Å². The highest BCUT2D eigenvalue weighted by molar-refractivity contribution is 6.33. The maximum absolute atomic E-state index is 8.80. The second-order valence-electron chi connectivity index (χ2n) is 3.68. The topological polar surface area (TPSA) is 109 Å². The largest absolute Gasteiger partial charge is 0.490 e. The van der Waals surface area contributed by atoms with Crippen LogP contribution in [0.5, 0.6) is 5.75 Å². The summed E-state index contributed by atoms with van der Waals surface area (Å²) in [5, 5.41) is 12.2. The number of ether oxygens (including phenoxy) is 1. The first-order chi connectivity index (χ1) is 9.69. The van der Waals surface area contributed by atoms with Gasteiger partial charge in [-0.15, -0.1) is 0 Å². The van der Waals surface area contributed by atoms with Gasteiger partial charge >= 0.3 is 0 Å². The molecule has 0 unspecified atom stereocenters. The van der Waals surface area contributed by atoms with E-state index in [1.807, 2.05) is 6.07 Å². The number of hydrazine groups is 1. The van der Waals surface area contributed by atoms with E-state index < -0.39 is 0 Å². The molecular weight excluding hydrogens is 280 g/mol. The van der Waals surface area contributed by atoms with Gasteiger partial charge in [-0.1, -0.05) is 11.6 Å². The van der Waals surface area contributed by atoms with Gasteiger partial charge in [0.05, 0.1) is 29.5 Å². The third-order valence-electron chi connectivity index (χ3n) is 2.50. The SMILES string of the molecule is COc1c(NN)ncnc1Nc1ccc(C#N)cc1Cl. The molecule has 8 heteroatoms. The van der Waals surface area contributed by atoms with Crippen LogP contribution in [0.1, 0.15) is 5.56 Å². The van der Waals surface area contributed by atoms with Gasteiger partial charge in [-0.3, -0.25) is 0 Å². The molecule has 0 amide bonds. The van der Waals surface area contributed by atoms with Crippen LogP contribution in [0, 0.1) is 11.3 Å². The van der Waals surface area contributed by atoms with E-state index in [4.69, 9.17) is 27.4 Å². The Morgan fingerprint density at radius 3 is 2.70 bits per heavy atom. The van der Waals surface area contributed by atoms with Crippen LogP contribution in [0.2, 0.25) is 5.02 Å². The van der Waals surface area contributed by atoms with E-state index >= 15 is 0 Å². The van der Waals surface area contributed by atoms with E-state index in [2.05, 4.69) is 20.7 Å². The van der Waals surface area contributed by atoms with E-state index in [0.717, 1.165) is 0 Å². The van der Waals surface area contributed by atoms with Crippen molar-refractivity contribution in [3.05, 3.63) is 35.1 Å². The monoisotopic (exact) mass is 290 g/mol. The van der Waals surface area contributed by atoms with E-state index in [1.165, 1.54) is 13.4 Å². The number of rotatable bonds is 4. The Morgan fingerprint density at radius 2 is 2.10 bits per heavy atom. The van der Waals surface area contributed by atoms with Gasteiger partial charge in [0.1, 0.15) is 6.33 Å². The number of nitrogens with two attached hydrogens (primary N) is 1. The summed E-state index contributed by atoms with van der Waals surface area (Å²) in [6.45, 7) is 0. The smallest absolute Gasteiger partial charge is 0.205 e. The Balaban J connectivity index is 2.38. The number of nitriles is 1. The van der Waals surface area contributed by atoms with Gasteiger partial charge in [0, 0.05) is 0 Å². The number of benzene rings is 1. The lowest BCUT2D eigenvalue weighted by atomic mass is 10.2. The number of nitrogens with zero attached hydrogens (tertiary/aromatic N) is 3. The molecule has 0 saturated carbocycles. The van der Waals surface area contributed by atoms with E-state index in [9.17, 15) is 0 Å². The second kappa shape index (κ2) is 6.06. The fourth-order valence-electron chi connectivity index (χ4n) is 1.57. The number of hydrogen-bond acceptors (Lipinski definition) is 7. The van der Waals surface area contributed by atoms with Crippen LogP contribution in [0.4, 0.5) is 17.3 Å². The highest BCUT2D eigenvalue weighted by Crippen LogP contribution is 2.33. The molecule has 0 fully saturated rings. The highest BCUT2D eigenvalue weighted by Gasteiger charge is 2.12. The summed E-state index contributed by atoms with van der Waals surface area (Å²) in [4.78, 5) is 8.00. The number of nitrogens with one attached hydrogen (secondary N) is 2. The molecule has 2 aromatic rings. The third kappa shape index (κ3) is 2.71. The molecule has 0 radical (unpaired) electrons. The van der Waals surface area contributed by atoms with Crippen molar-refractivity contribution in [3.8, 4) is 11.8 Å². The van der Waals surface area contributed by atoms with E-state index in [-0.39, 0.29) is 0 Å². The second-order valence-corrected chi connectivity index (χ2v) is 4.09. The maximum Gasteiger partial charge on any atom is 0.205 e. The average Bonchev–Trinajstić information content (AvgIpc) is 2.48. The normalized spacial score (nSPS) is 9.70. The van der Waals surface area contributed by atoms with E-state index in [1.54, 1.807) is 18.2 Å². The zero-order valence-corrected chi connectivity index (χ0v) is 11.3.